The number of benzene rings is 2. The van der Waals surface area contributed by atoms with Gasteiger partial charge in [0.05, 0.1) is 15.1 Å². The number of aromatic nitrogens is 1. The first-order valence-electron chi connectivity index (χ1n) is 9.99. The summed E-state index contributed by atoms with van der Waals surface area (Å²) in [5.41, 5.74) is 4.28. The van der Waals surface area contributed by atoms with Crippen molar-refractivity contribution in [2.75, 3.05) is 18.4 Å². The summed E-state index contributed by atoms with van der Waals surface area (Å²) in [5.74, 6) is -0.306. The van der Waals surface area contributed by atoms with E-state index in [1.807, 2.05) is 19.9 Å². The van der Waals surface area contributed by atoms with Crippen LogP contribution in [-0.2, 0) is 14.8 Å². The zero-order chi connectivity index (χ0) is 21.5. The number of carbonyl (C=O) groups is 1. The molecule has 0 spiro atoms. The van der Waals surface area contributed by atoms with Crippen molar-refractivity contribution in [3.63, 3.8) is 0 Å². The Balaban J connectivity index is 1.40. The molecular weight excluding hydrogens is 418 g/mol. The number of carbonyl (C=O) groups excluding carboxylic acids is 1. The zero-order valence-corrected chi connectivity index (χ0v) is 18.9. The van der Waals surface area contributed by atoms with Crippen molar-refractivity contribution in [3.05, 3.63) is 53.1 Å². The third-order valence-corrected chi connectivity index (χ3v) is 8.56. The first-order chi connectivity index (χ1) is 14.2. The number of thiazole rings is 1. The molecule has 2 aromatic carbocycles. The van der Waals surface area contributed by atoms with Crippen molar-refractivity contribution in [3.8, 4) is 0 Å². The van der Waals surface area contributed by atoms with E-state index in [2.05, 4.69) is 23.3 Å². The molecule has 30 heavy (non-hydrogen) atoms. The van der Waals surface area contributed by atoms with Gasteiger partial charge in [0.15, 0.2) is 5.13 Å². The Morgan fingerprint density at radius 2 is 1.70 bits per heavy atom. The molecule has 1 saturated heterocycles. The van der Waals surface area contributed by atoms with E-state index >= 15 is 0 Å². The highest BCUT2D eigenvalue weighted by Gasteiger charge is 2.32. The van der Waals surface area contributed by atoms with Crippen LogP contribution >= 0.6 is 11.3 Å². The zero-order valence-electron chi connectivity index (χ0n) is 17.3. The Kier molecular flexibility index (Phi) is 5.65. The molecule has 8 heteroatoms. The molecule has 3 aromatic rings. The Bertz CT molecular complexity index is 1150. The van der Waals surface area contributed by atoms with Gasteiger partial charge in [-0.2, -0.15) is 4.31 Å². The molecule has 0 unspecified atom stereocenters. The van der Waals surface area contributed by atoms with E-state index in [1.54, 1.807) is 24.3 Å². The predicted octanol–water partition coefficient (Wildman–Crippen LogP) is 4.26. The number of sulfonamides is 1. The second-order valence-electron chi connectivity index (χ2n) is 7.90. The normalized spacial score (nSPS) is 16.1. The van der Waals surface area contributed by atoms with E-state index in [4.69, 9.17) is 0 Å². The van der Waals surface area contributed by atoms with Gasteiger partial charge >= 0.3 is 0 Å². The number of fused-ring (bicyclic) bond motifs is 1. The lowest BCUT2D eigenvalue weighted by molar-refractivity contribution is -0.120. The molecule has 1 N–H and O–H groups in total. The van der Waals surface area contributed by atoms with Crippen molar-refractivity contribution < 1.29 is 13.2 Å². The summed E-state index contributed by atoms with van der Waals surface area (Å²) in [6.07, 6.45) is 1.00. The van der Waals surface area contributed by atoms with Crippen LogP contribution in [0.15, 0.2) is 41.3 Å². The molecule has 0 radical (unpaired) electrons. The van der Waals surface area contributed by atoms with Crippen LogP contribution in [0.2, 0.25) is 0 Å². The third-order valence-electron chi connectivity index (χ3n) is 5.72. The molecule has 0 bridgehead atoms. The number of nitrogens with zero attached hydrogens (tertiary/aromatic N) is 2. The maximum absolute atomic E-state index is 12.8. The highest BCUT2D eigenvalue weighted by Crippen LogP contribution is 2.30. The minimum atomic E-state index is -3.52. The Morgan fingerprint density at radius 3 is 2.37 bits per heavy atom. The van der Waals surface area contributed by atoms with Crippen LogP contribution in [0.25, 0.3) is 10.2 Å². The maximum Gasteiger partial charge on any atom is 0.243 e. The molecule has 6 nitrogen and oxygen atoms in total. The van der Waals surface area contributed by atoms with Crippen molar-refractivity contribution >= 4 is 42.6 Å². The Labute approximate surface area is 181 Å². The summed E-state index contributed by atoms with van der Waals surface area (Å²) in [6, 6.07) is 11.0. The number of piperidine rings is 1. The van der Waals surface area contributed by atoms with Gasteiger partial charge in [-0.15, -0.1) is 0 Å². The fourth-order valence-corrected chi connectivity index (χ4v) is 6.08. The predicted molar refractivity (Wildman–Crippen MR) is 120 cm³/mol. The van der Waals surface area contributed by atoms with Crippen molar-refractivity contribution in [2.45, 2.75) is 38.5 Å². The standard InChI is InChI=1S/C22H25N3O3S2/c1-14-4-6-18(7-5-14)30(27,28)25-10-8-17(9-11-25)21(26)24-22-23-19-12-15(2)16(3)13-20(19)29-22/h4-7,12-13,17H,8-11H2,1-3H3,(H,23,24,26). The summed E-state index contributed by atoms with van der Waals surface area (Å²) in [5, 5.41) is 3.52. The highest BCUT2D eigenvalue weighted by molar-refractivity contribution is 7.89. The van der Waals surface area contributed by atoms with Crippen LogP contribution in [0.1, 0.15) is 29.5 Å². The van der Waals surface area contributed by atoms with E-state index < -0.39 is 10.0 Å². The molecule has 0 saturated carbocycles. The Hall–Kier alpha value is -2.29. The summed E-state index contributed by atoms with van der Waals surface area (Å²) in [6.45, 7) is 6.71. The Morgan fingerprint density at radius 1 is 1.07 bits per heavy atom. The van der Waals surface area contributed by atoms with Crippen LogP contribution in [0, 0.1) is 26.7 Å². The number of amides is 1. The molecule has 4 rings (SSSR count). The van der Waals surface area contributed by atoms with E-state index in [0.29, 0.717) is 36.0 Å². The second-order valence-corrected chi connectivity index (χ2v) is 10.9. The largest absolute Gasteiger partial charge is 0.302 e. The van der Waals surface area contributed by atoms with E-state index in [-0.39, 0.29) is 11.8 Å². The first-order valence-corrected chi connectivity index (χ1v) is 12.2. The molecule has 0 aliphatic carbocycles. The molecule has 158 valence electrons. The number of nitrogens with one attached hydrogen (secondary N) is 1. The fraction of sp³-hybridized carbons (Fsp3) is 0.364. The van der Waals surface area contributed by atoms with Gasteiger partial charge in [-0.1, -0.05) is 29.0 Å². The lowest BCUT2D eigenvalue weighted by Gasteiger charge is -2.30. The molecule has 1 aromatic heterocycles. The molecular formula is C22H25N3O3S2. The summed E-state index contributed by atoms with van der Waals surface area (Å²) in [7, 11) is -3.52. The van der Waals surface area contributed by atoms with Gasteiger partial charge in [-0.3, -0.25) is 4.79 Å². The topological polar surface area (TPSA) is 79.4 Å². The minimum absolute atomic E-state index is 0.0881. The second kappa shape index (κ2) is 8.09. The quantitative estimate of drug-likeness (QED) is 0.653. The molecule has 0 atom stereocenters. The number of anilines is 1. The number of aryl methyl sites for hydroxylation is 3. The monoisotopic (exact) mass is 443 g/mol. The average molecular weight is 444 g/mol. The highest BCUT2D eigenvalue weighted by atomic mass is 32.2. The third kappa shape index (κ3) is 4.12. The minimum Gasteiger partial charge on any atom is -0.302 e. The molecule has 1 aliphatic heterocycles. The van der Waals surface area contributed by atoms with Crippen LogP contribution in [0.3, 0.4) is 0 Å². The average Bonchev–Trinajstić information content (AvgIpc) is 3.09. The van der Waals surface area contributed by atoms with Gasteiger partial charge in [0.2, 0.25) is 15.9 Å². The van der Waals surface area contributed by atoms with E-state index in [0.717, 1.165) is 15.8 Å². The molecule has 1 amide bonds. The maximum atomic E-state index is 12.8. The number of hydrogen-bond donors (Lipinski definition) is 1. The van der Waals surface area contributed by atoms with Gasteiger partial charge in [-0.25, -0.2) is 13.4 Å². The van der Waals surface area contributed by atoms with Crippen molar-refractivity contribution in [2.24, 2.45) is 5.92 Å². The van der Waals surface area contributed by atoms with Gasteiger partial charge in [0.1, 0.15) is 0 Å². The SMILES string of the molecule is Cc1ccc(S(=O)(=O)N2CCC(C(=O)Nc3nc4cc(C)c(C)cc4s3)CC2)cc1. The molecule has 1 fully saturated rings. The van der Waals surface area contributed by atoms with E-state index in [9.17, 15) is 13.2 Å². The lowest BCUT2D eigenvalue weighted by atomic mass is 9.97. The van der Waals surface area contributed by atoms with Gasteiger partial charge < -0.3 is 5.32 Å². The van der Waals surface area contributed by atoms with Gasteiger partial charge in [-0.05, 0) is 69.0 Å². The van der Waals surface area contributed by atoms with Crippen LogP contribution in [0.5, 0.6) is 0 Å². The van der Waals surface area contributed by atoms with Crippen LogP contribution < -0.4 is 5.32 Å². The number of hydrogen-bond acceptors (Lipinski definition) is 5. The van der Waals surface area contributed by atoms with Crippen molar-refractivity contribution in [1.29, 1.82) is 0 Å². The van der Waals surface area contributed by atoms with Crippen molar-refractivity contribution in [1.82, 2.24) is 9.29 Å². The summed E-state index contributed by atoms with van der Waals surface area (Å²) < 4.78 is 28.2. The summed E-state index contributed by atoms with van der Waals surface area (Å²) in [4.78, 5) is 17.6. The van der Waals surface area contributed by atoms with Gasteiger partial charge in [0.25, 0.3) is 0 Å². The summed E-state index contributed by atoms with van der Waals surface area (Å²) >= 11 is 1.47. The first kappa shape index (κ1) is 21.0. The van der Waals surface area contributed by atoms with Gasteiger partial charge in [0, 0.05) is 19.0 Å². The lowest BCUT2D eigenvalue weighted by Crippen LogP contribution is -2.41. The molecule has 1 aliphatic rings. The number of rotatable bonds is 4. The smallest absolute Gasteiger partial charge is 0.243 e. The fourth-order valence-electron chi connectivity index (χ4n) is 3.66. The van der Waals surface area contributed by atoms with E-state index in [1.165, 1.54) is 26.8 Å². The molecule has 2 heterocycles. The van der Waals surface area contributed by atoms with Crippen LogP contribution in [0.4, 0.5) is 5.13 Å². The van der Waals surface area contributed by atoms with Crippen LogP contribution in [-0.4, -0.2) is 36.7 Å².